The molecule has 1 N–H and O–H groups in total. The molecule has 0 spiro atoms. The molecule has 2 heterocycles. The molecule has 0 radical (unpaired) electrons. The van der Waals surface area contributed by atoms with Gasteiger partial charge in [0, 0.05) is 34.5 Å². The lowest BCUT2D eigenvalue weighted by Gasteiger charge is -2.22. The second-order valence-electron chi connectivity index (χ2n) is 3.94. The number of amides is 1. The number of hydrogen-bond acceptors (Lipinski definition) is 3. The van der Waals surface area contributed by atoms with Crippen molar-refractivity contribution in [3.63, 3.8) is 0 Å². The summed E-state index contributed by atoms with van der Waals surface area (Å²) in [5, 5.41) is 2.95. The molecule has 0 saturated carbocycles. The molecule has 1 fully saturated rings. The van der Waals surface area contributed by atoms with Crippen molar-refractivity contribution in [3.05, 3.63) is 28.5 Å². The van der Waals surface area contributed by atoms with Crippen LogP contribution < -0.4 is 5.32 Å². The SMILES string of the molecule is O=C(NC1CCS(=O)CC1)c1cccnc1Br. The summed E-state index contributed by atoms with van der Waals surface area (Å²) in [4.78, 5) is 16.0. The molecule has 0 unspecified atom stereocenters. The van der Waals surface area contributed by atoms with Crippen LogP contribution in [0, 0.1) is 0 Å². The molecule has 0 atom stereocenters. The van der Waals surface area contributed by atoms with Crippen molar-refractivity contribution in [1.29, 1.82) is 0 Å². The van der Waals surface area contributed by atoms with Crippen molar-refractivity contribution < 1.29 is 9.00 Å². The number of rotatable bonds is 2. The second-order valence-corrected chi connectivity index (χ2v) is 6.38. The largest absolute Gasteiger partial charge is 0.349 e. The molecule has 0 bridgehead atoms. The summed E-state index contributed by atoms with van der Waals surface area (Å²) in [6.45, 7) is 0. The fourth-order valence-electron chi connectivity index (χ4n) is 1.76. The van der Waals surface area contributed by atoms with Crippen LogP contribution in [0.2, 0.25) is 0 Å². The van der Waals surface area contributed by atoms with Crippen LogP contribution >= 0.6 is 15.9 Å². The molecule has 4 nitrogen and oxygen atoms in total. The van der Waals surface area contributed by atoms with E-state index in [-0.39, 0.29) is 11.9 Å². The Balaban J connectivity index is 1.98. The van der Waals surface area contributed by atoms with Crippen LogP contribution in [0.4, 0.5) is 0 Å². The minimum absolute atomic E-state index is 0.123. The van der Waals surface area contributed by atoms with Crippen LogP contribution in [0.5, 0.6) is 0 Å². The summed E-state index contributed by atoms with van der Waals surface area (Å²) in [5.74, 6) is 1.24. The predicted octanol–water partition coefficient (Wildman–Crippen LogP) is 1.48. The lowest BCUT2D eigenvalue weighted by molar-refractivity contribution is 0.0933. The average Bonchev–Trinajstić information content (AvgIpc) is 2.32. The molecule has 1 aliphatic heterocycles. The first-order valence-electron chi connectivity index (χ1n) is 5.43. The molecular formula is C11H13BrN2O2S. The second kappa shape index (κ2) is 5.73. The smallest absolute Gasteiger partial charge is 0.254 e. The van der Waals surface area contributed by atoms with Gasteiger partial charge in [0.05, 0.1) is 5.56 Å². The third kappa shape index (κ3) is 3.35. The van der Waals surface area contributed by atoms with Crippen LogP contribution in [-0.4, -0.2) is 32.6 Å². The number of aromatic nitrogens is 1. The summed E-state index contributed by atoms with van der Waals surface area (Å²) in [6.07, 6.45) is 3.21. The minimum Gasteiger partial charge on any atom is -0.349 e. The molecule has 1 saturated heterocycles. The maximum Gasteiger partial charge on any atom is 0.254 e. The summed E-state index contributed by atoms with van der Waals surface area (Å²) in [6, 6.07) is 3.59. The Morgan fingerprint density at radius 2 is 2.18 bits per heavy atom. The first-order chi connectivity index (χ1) is 8.16. The summed E-state index contributed by atoms with van der Waals surface area (Å²) in [5.41, 5.74) is 0.541. The van der Waals surface area contributed by atoms with E-state index in [0.29, 0.717) is 21.7 Å². The molecule has 6 heteroatoms. The Hall–Kier alpha value is -0.750. The van der Waals surface area contributed by atoms with E-state index in [2.05, 4.69) is 26.2 Å². The van der Waals surface area contributed by atoms with Crippen LogP contribution in [0.3, 0.4) is 0 Å². The van der Waals surface area contributed by atoms with Gasteiger partial charge in [0.25, 0.3) is 5.91 Å². The van der Waals surface area contributed by atoms with Crippen molar-refractivity contribution in [3.8, 4) is 0 Å². The molecule has 2 rings (SSSR count). The van der Waals surface area contributed by atoms with Crippen molar-refractivity contribution >= 4 is 32.6 Å². The van der Waals surface area contributed by atoms with Gasteiger partial charge in [-0.1, -0.05) is 0 Å². The van der Waals surface area contributed by atoms with E-state index >= 15 is 0 Å². The van der Waals surface area contributed by atoms with E-state index < -0.39 is 10.8 Å². The highest BCUT2D eigenvalue weighted by Gasteiger charge is 2.20. The summed E-state index contributed by atoms with van der Waals surface area (Å²) >= 11 is 3.25. The maximum absolute atomic E-state index is 12.0. The Bertz CT molecular complexity index is 443. The minimum atomic E-state index is -0.698. The number of nitrogens with zero attached hydrogens (tertiary/aromatic N) is 1. The highest BCUT2D eigenvalue weighted by molar-refractivity contribution is 9.10. The van der Waals surface area contributed by atoms with Crippen molar-refractivity contribution in [2.45, 2.75) is 18.9 Å². The van der Waals surface area contributed by atoms with Crippen LogP contribution in [0.1, 0.15) is 23.2 Å². The lowest BCUT2D eigenvalue weighted by Crippen LogP contribution is -2.39. The number of pyridine rings is 1. The number of carbonyl (C=O) groups is 1. The lowest BCUT2D eigenvalue weighted by atomic mass is 10.1. The van der Waals surface area contributed by atoms with E-state index in [9.17, 15) is 9.00 Å². The van der Waals surface area contributed by atoms with Crippen LogP contribution in [-0.2, 0) is 10.8 Å². The van der Waals surface area contributed by atoms with Crippen LogP contribution in [0.15, 0.2) is 22.9 Å². The highest BCUT2D eigenvalue weighted by Crippen LogP contribution is 2.14. The van der Waals surface area contributed by atoms with Gasteiger partial charge in [-0.2, -0.15) is 0 Å². The normalized spacial score (nSPS) is 24.3. The third-order valence-corrected chi connectivity index (χ3v) is 4.74. The van der Waals surface area contributed by atoms with Gasteiger partial charge in [-0.3, -0.25) is 9.00 Å². The van der Waals surface area contributed by atoms with Crippen molar-refractivity contribution in [2.75, 3.05) is 11.5 Å². The van der Waals surface area contributed by atoms with Gasteiger partial charge in [0.1, 0.15) is 4.60 Å². The van der Waals surface area contributed by atoms with Gasteiger partial charge < -0.3 is 5.32 Å². The van der Waals surface area contributed by atoms with Crippen molar-refractivity contribution in [2.24, 2.45) is 0 Å². The first kappa shape index (κ1) is 12.7. The molecule has 1 aromatic heterocycles. The Morgan fingerprint density at radius 3 is 2.82 bits per heavy atom. The zero-order valence-corrected chi connectivity index (χ0v) is 11.6. The fraction of sp³-hybridized carbons (Fsp3) is 0.455. The predicted molar refractivity (Wildman–Crippen MR) is 70.3 cm³/mol. The Morgan fingerprint density at radius 1 is 1.47 bits per heavy atom. The van der Waals surface area contributed by atoms with Crippen molar-refractivity contribution in [1.82, 2.24) is 10.3 Å². The molecule has 1 aromatic rings. The van der Waals surface area contributed by atoms with Gasteiger partial charge in [0.2, 0.25) is 0 Å². The number of halogens is 1. The average molecular weight is 317 g/mol. The number of carbonyl (C=O) groups excluding carboxylic acids is 1. The van der Waals surface area contributed by atoms with Gasteiger partial charge >= 0.3 is 0 Å². The van der Waals surface area contributed by atoms with Gasteiger partial charge in [-0.15, -0.1) is 0 Å². The monoisotopic (exact) mass is 316 g/mol. The van der Waals surface area contributed by atoms with E-state index in [1.54, 1.807) is 18.3 Å². The first-order valence-corrected chi connectivity index (χ1v) is 7.71. The zero-order valence-electron chi connectivity index (χ0n) is 9.19. The molecular weight excluding hydrogens is 304 g/mol. The van der Waals surface area contributed by atoms with Gasteiger partial charge in [-0.05, 0) is 40.9 Å². The van der Waals surface area contributed by atoms with E-state index in [1.165, 1.54) is 0 Å². The molecule has 0 aliphatic carbocycles. The Kier molecular flexibility index (Phi) is 4.28. The highest BCUT2D eigenvalue weighted by atomic mass is 79.9. The molecule has 92 valence electrons. The summed E-state index contributed by atoms with van der Waals surface area (Å²) < 4.78 is 11.8. The fourth-order valence-corrected chi connectivity index (χ4v) is 3.49. The topological polar surface area (TPSA) is 59.1 Å². The van der Waals surface area contributed by atoms with E-state index in [0.717, 1.165) is 12.8 Å². The zero-order chi connectivity index (χ0) is 12.3. The third-order valence-electron chi connectivity index (χ3n) is 2.73. The standard InChI is InChI=1S/C11H13BrN2O2S/c12-10-9(2-1-5-13-10)11(15)14-8-3-6-17(16)7-4-8/h1-2,5,8H,3-4,6-7H2,(H,14,15). The quantitative estimate of drug-likeness (QED) is 0.841. The molecule has 17 heavy (non-hydrogen) atoms. The number of hydrogen-bond donors (Lipinski definition) is 1. The molecule has 1 amide bonds. The van der Waals surface area contributed by atoms with E-state index in [1.807, 2.05) is 0 Å². The van der Waals surface area contributed by atoms with Gasteiger partial charge in [-0.25, -0.2) is 4.98 Å². The maximum atomic E-state index is 12.0. The van der Waals surface area contributed by atoms with Crippen LogP contribution in [0.25, 0.3) is 0 Å². The molecule has 1 aliphatic rings. The summed E-state index contributed by atoms with van der Waals surface area (Å²) in [7, 11) is -0.698. The van der Waals surface area contributed by atoms with E-state index in [4.69, 9.17) is 0 Å². The molecule has 0 aromatic carbocycles. The Labute approximate surface area is 111 Å². The van der Waals surface area contributed by atoms with Gasteiger partial charge in [0.15, 0.2) is 0 Å². The number of nitrogens with one attached hydrogen (secondary N) is 1.